The van der Waals surface area contributed by atoms with Crippen LogP contribution in [0, 0.1) is 0 Å². The molecule has 4 heteroatoms. The molecule has 0 fully saturated rings. The van der Waals surface area contributed by atoms with Gasteiger partial charge < -0.3 is 4.74 Å². The normalized spacial score (nSPS) is 21.0. The summed E-state index contributed by atoms with van der Waals surface area (Å²) in [6.07, 6.45) is -6.00. The molecule has 0 saturated heterocycles. The topological polar surface area (TPSA) is 9.23 Å². The molecule has 0 spiro atoms. The number of rotatable bonds is 0. The minimum atomic E-state index is -4.26. The van der Waals surface area contributed by atoms with Gasteiger partial charge in [-0.05, 0) is 11.6 Å². The largest absolute Gasteiger partial charge is 0.480 e. The molecule has 0 amide bonds. The lowest BCUT2D eigenvalue weighted by Gasteiger charge is -2.13. The molecule has 1 aromatic rings. The summed E-state index contributed by atoms with van der Waals surface area (Å²) >= 11 is 0. The fourth-order valence-electron chi connectivity index (χ4n) is 1.36. The average Bonchev–Trinajstić information content (AvgIpc) is 2.45. The zero-order chi connectivity index (χ0) is 9.47. The number of hydrogen-bond acceptors (Lipinski definition) is 1. The summed E-state index contributed by atoms with van der Waals surface area (Å²) in [6, 6.07) is 6.58. The molecule has 1 aromatic carbocycles. The van der Waals surface area contributed by atoms with Gasteiger partial charge in [-0.2, -0.15) is 13.2 Å². The monoisotopic (exact) mass is 188 g/mol. The number of ether oxygens (including phenoxy) is 1. The van der Waals surface area contributed by atoms with Gasteiger partial charge in [-0.25, -0.2) is 0 Å². The Morgan fingerprint density at radius 2 is 1.92 bits per heavy atom. The second kappa shape index (κ2) is 2.65. The van der Waals surface area contributed by atoms with E-state index in [1.807, 2.05) is 0 Å². The lowest BCUT2D eigenvalue weighted by atomic mass is 10.1. The van der Waals surface area contributed by atoms with Gasteiger partial charge in [0, 0.05) is 6.42 Å². The van der Waals surface area contributed by atoms with E-state index >= 15 is 0 Å². The van der Waals surface area contributed by atoms with E-state index in [4.69, 9.17) is 4.74 Å². The minimum absolute atomic E-state index is 0.0698. The first-order chi connectivity index (χ1) is 6.07. The van der Waals surface area contributed by atoms with Crippen LogP contribution in [0.15, 0.2) is 24.3 Å². The molecule has 1 unspecified atom stereocenters. The zero-order valence-electron chi connectivity index (χ0n) is 6.64. The van der Waals surface area contributed by atoms with E-state index in [0.29, 0.717) is 11.3 Å². The number of benzene rings is 1. The Labute approximate surface area is 73.1 Å². The first kappa shape index (κ1) is 8.41. The Bertz CT molecular complexity index is 294. The zero-order valence-corrected chi connectivity index (χ0v) is 6.64. The third kappa shape index (κ3) is 1.48. The van der Waals surface area contributed by atoms with Crippen molar-refractivity contribution in [2.24, 2.45) is 0 Å². The maximum absolute atomic E-state index is 12.2. The first-order valence-electron chi connectivity index (χ1n) is 3.88. The summed E-state index contributed by atoms with van der Waals surface area (Å²) in [5, 5.41) is 0. The molecule has 0 saturated carbocycles. The van der Waals surface area contributed by atoms with Crippen LogP contribution in [0.1, 0.15) is 5.56 Å². The molecular weight excluding hydrogens is 181 g/mol. The second-order valence-electron chi connectivity index (χ2n) is 2.96. The first-order valence-corrected chi connectivity index (χ1v) is 3.88. The third-order valence-corrected chi connectivity index (χ3v) is 2.01. The Morgan fingerprint density at radius 1 is 1.23 bits per heavy atom. The maximum atomic E-state index is 12.2. The summed E-state index contributed by atoms with van der Waals surface area (Å²) < 4.78 is 41.3. The van der Waals surface area contributed by atoms with Crippen molar-refractivity contribution in [3.63, 3.8) is 0 Å². The van der Waals surface area contributed by atoms with Crippen LogP contribution in [0.25, 0.3) is 0 Å². The molecule has 1 atom stereocenters. The molecule has 1 aliphatic heterocycles. The van der Waals surface area contributed by atoms with E-state index in [1.165, 1.54) is 0 Å². The Morgan fingerprint density at radius 3 is 2.54 bits per heavy atom. The van der Waals surface area contributed by atoms with Crippen LogP contribution in [-0.4, -0.2) is 12.3 Å². The Balaban J connectivity index is 2.23. The van der Waals surface area contributed by atoms with Crippen LogP contribution in [0.4, 0.5) is 13.2 Å². The number of para-hydroxylation sites is 1. The van der Waals surface area contributed by atoms with Crippen LogP contribution in [-0.2, 0) is 6.42 Å². The van der Waals surface area contributed by atoms with E-state index in [1.54, 1.807) is 24.3 Å². The van der Waals surface area contributed by atoms with Crippen molar-refractivity contribution in [2.75, 3.05) is 0 Å². The van der Waals surface area contributed by atoms with Crippen LogP contribution in [0.5, 0.6) is 5.75 Å². The number of alkyl halides is 3. The fraction of sp³-hybridized carbons (Fsp3) is 0.333. The molecule has 1 aliphatic rings. The molecule has 1 nitrogen and oxygen atoms in total. The molecule has 0 aromatic heterocycles. The van der Waals surface area contributed by atoms with Crippen molar-refractivity contribution >= 4 is 0 Å². The predicted molar refractivity (Wildman–Crippen MR) is 40.6 cm³/mol. The van der Waals surface area contributed by atoms with E-state index < -0.39 is 12.3 Å². The molecule has 0 radical (unpaired) electrons. The van der Waals surface area contributed by atoms with Gasteiger partial charge in [-0.15, -0.1) is 0 Å². The number of hydrogen-bond donors (Lipinski definition) is 0. The van der Waals surface area contributed by atoms with Gasteiger partial charge in [0.15, 0.2) is 6.10 Å². The van der Waals surface area contributed by atoms with Gasteiger partial charge in [0.2, 0.25) is 0 Å². The summed E-state index contributed by atoms with van der Waals surface area (Å²) in [7, 11) is 0. The molecule has 0 N–H and O–H groups in total. The molecule has 0 bridgehead atoms. The fourth-order valence-corrected chi connectivity index (χ4v) is 1.36. The molecule has 70 valence electrons. The highest BCUT2D eigenvalue weighted by Gasteiger charge is 2.45. The van der Waals surface area contributed by atoms with Crippen LogP contribution < -0.4 is 4.74 Å². The molecular formula is C9H7F3O. The lowest BCUT2D eigenvalue weighted by Crippen LogP contribution is -2.32. The third-order valence-electron chi connectivity index (χ3n) is 2.01. The van der Waals surface area contributed by atoms with E-state index in [0.717, 1.165) is 0 Å². The van der Waals surface area contributed by atoms with Crippen molar-refractivity contribution in [1.29, 1.82) is 0 Å². The van der Waals surface area contributed by atoms with Crippen molar-refractivity contribution in [2.45, 2.75) is 18.7 Å². The second-order valence-corrected chi connectivity index (χ2v) is 2.96. The van der Waals surface area contributed by atoms with Crippen molar-refractivity contribution in [3.8, 4) is 5.75 Å². The molecule has 2 rings (SSSR count). The summed E-state index contributed by atoms with van der Waals surface area (Å²) in [4.78, 5) is 0. The standard InChI is InChI=1S/C9H7F3O/c10-9(11,12)8-5-6-3-1-2-4-7(6)13-8/h1-4,8H,5H2. The van der Waals surface area contributed by atoms with Gasteiger partial charge in [0.1, 0.15) is 5.75 Å². The van der Waals surface area contributed by atoms with Gasteiger partial charge >= 0.3 is 6.18 Å². The maximum Gasteiger partial charge on any atom is 0.425 e. The van der Waals surface area contributed by atoms with Crippen molar-refractivity contribution in [1.82, 2.24) is 0 Å². The van der Waals surface area contributed by atoms with Gasteiger partial charge in [0.25, 0.3) is 0 Å². The average molecular weight is 188 g/mol. The van der Waals surface area contributed by atoms with Crippen LogP contribution in [0.2, 0.25) is 0 Å². The van der Waals surface area contributed by atoms with E-state index in [9.17, 15) is 13.2 Å². The quantitative estimate of drug-likeness (QED) is 0.608. The van der Waals surface area contributed by atoms with Gasteiger partial charge in [-0.1, -0.05) is 18.2 Å². The molecule has 13 heavy (non-hydrogen) atoms. The van der Waals surface area contributed by atoms with E-state index in [2.05, 4.69) is 0 Å². The van der Waals surface area contributed by atoms with Gasteiger partial charge in [-0.3, -0.25) is 0 Å². The Hall–Kier alpha value is -1.19. The highest BCUT2D eigenvalue weighted by atomic mass is 19.4. The summed E-state index contributed by atoms with van der Waals surface area (Å²) in [5.41, 5.74) is 0.629. The molecule has 0 aliphatic carbocycles. The van der Waals surface area contributed by atoms with Crippen molar-refractivity contribution < 1.29 is 17.9 Å². The lowest BCUT2D eigenvalue weighted by molar-refractivity contribution is -0.189. The van der Waals surface area contributed by atoms with E-state index in [-0.39, 0.29) is 6.42 Å². The number of fused-ring (bicyclic) bond motifs is 1. The molecule has 1 heterocycles. The predicted octanol–water partition coefficient (Wildman–Crippen LogP) is 2.55. The van der Waals surface area contributed by atoms with Crippen LogP contribution in [0.3, 0.4) is 0 Å². The van der Waals surface area contributed by atoms with Crippen LogP contribution >= 0.6 is 0 Å². The summed E-state index contributed by atoms with van der Waals surface area (Å²) in [5.74, 6) is 0.352. The smallest absolute Gasteiger partial charge is 0.425 e. The number of halogens is 3. The highest BCUT2D eigenvalue weighted by Crippen LogP contribution is 2.35. The van der Waals surface area contributed by atoms with Gasteiger partial charge in [0.05, 0.1) is 0 Å². The van der Waals surface area contributed by atoms with Crippen molar-refractivity contribution in [3.05, 3.63) is 29.8 Å². The Kier molecular flexibility index (Phi) is 1.71. The minimum Gasteiger partial charge on any atom is -0.480 e. The SMILES string of the molecule is FC(F)(F)C1Cc2ccccc2O1. The summed E-state index contributed by atoms with van der Waals surface area (Å²) in [6.45, 7) is 0. The highest BCUT2D eigenvalue weighted by molar-refractivity contribution is 5.37.